The number of rotatable bonds is 3. The quantitative estimate of drug-likeness (QED) is 0.807. The first-order valence-electron chi connectivity index (χ1n) is 7.39. The van der Waals surface area contributed by atoms with Crippen molar-refractivity contribution in [3.05, 3.63) is 59.7 Å². The molecule has 0 N–H and O–H groups in total. The van der Waals surface area contributed by atoms with Gasteiger partial charge in [0.25, 0.3) is 0 Å². The molecule has 2 aromatic carbocycles. The summed E-state index contributed by atoms with van der Waals surface area (Å²) in [5.74, 6) is 0. The Morgan fingerprint density at radius 3 is 2.10 bits per heavy atom. The van der Waals surface area contributed by atoms with Crippen LogP contribution in [0.25, 0.3) is 0 Å². The second-order valence-corrected chi connectivity index (χ2v) is 5.47. The van der Waals surface area contributed by atoms with Gasteiger partial charge in [-0.25, -0.2) is 0 Å². The molecule has 0 radical (unpaired) electrons. The van der Waals surface area contributed by atoms with Crippen LogP contribution in [0.4, 0.5) is 11.4 Å². The first-order chi connectivity index (χ1) is 10.3. The summed E-state index contributed by atoms with van der Waals surface area (Å²) in [5, 5.41) is 0. The molecule has 108 valence electrons. The predicted octanol–water partition coefficient (Wildman–Crippen LogP) is 3.13. The van der Waals surface area contributed by atoms with E-state index in [0.29, 0.717) is 0 Å². The fourth-order valence-corrected chi connectivity index (χ4v) is 2.89. The summed E-state index contributed by atoms with van der Waals surface area (Å²) in [6.45, 7) is 6.24. The lowest BCUT2D eigenvalue weighted by atomic mass is 10.1. The maximum Gasteiger partial charge on any atom is 0.150 e. The molecule has 0 spiro atoms. The lowest BCUT2D eigenvalue weighted by Crippen LogP contribution is -2.46. The van der Waals surface area contributed by atoms with E-state index in [2.05, 4.69) is 41.0 Å². The molecule has 0 bridgehead atoms. The molecule has 0 aromatic heterocycles. The lowest BCUT2D eigenvalue weighted by molar-refractivity contribution is 0.112. The Balaban J connectivity index is 1.67. The Morgan fingerprint density at radius 1 is 0.857 bits per heavy atom. The van der Waals surface area contributed by atoms with Crippen LogP contribution < -0.4 is 9.80 Å². The van der Waals surface area contributed by atoms with E-state index >= 15 is 0 Å². The van der Waals surface area contributed by atoms with Crippen molar-refractivity contribution in [3.63, 3.8) is 0 Å². The van der Waals surface area contributed by atoms with Crippen LogP contribution in [0.15, 0.2) is 48.5 Å². The largest absolute Gasteiger partial charge is 0.368 e. The second-order valence-electron chi connectivity index (χ2n) is 5.47. The summed E-state index contributed by atoms with van der Waals surface area (Å²) in [6, 6.07) is 16.4. The van der Waals surface area contributed by atoms with E-state index in [1.54, 1.807) is 0 Å². The molecule has 3 heteroatoms. The van der Waals surface area contributed by atoms with Crippen LogP contribution in [0.1, 0.15) is 15.9 Å². The van der Waals surface area contributed by atoms with Crippen LogP contribution >= 0.6 is 0 Å². The Kier molecular flexibility index (Phi) is 3.91. The van der Waals surface area contributed by atoms with Gasteiger partial charge in [-0.2, -0.15) is 0 Å². The lowest BCUT2D eigenvalue weighted by Gasteiger charge is -2.38. The number of nitrogens with zero attached hydrogens (tertiary/aromatic N) is 2. The molecule has 0 unspecified atom stereocenters. The van der Waals surface area contributed by atoms with E-state index in [1.807, 2.05) is 24.3 Å². The van der Waals surface area contributed by atoms with Crippen LogP contribution in [0.5, 0.6) is 0 Å². The molecule has 0 atom stereocenters. The Labute approximate surface area is 125 Å². The Hall–Kier alpha value is -2.29. The van der Waals surface area contributed by atoms with E-state index < -0.39 is 0 Å². The van der Waals surface area contributed by atoms with Gasteiger partial charge < -0.3 is 9.80 Å². The molecule has 1 fully saturated rings. The van der Waals surface area contributed by atoms with Crippen LogP contribution in [-0.2, 0) is 0 Å². The number of benzene rings is 2. The molecule has 1 saturated heterocycles. The summed E-state index contributed by atoms with van der Waals surface area (Å²) in [4.78, 5) is 15.5. The number of aldehydes is 1. The van der Waals surface area contributed by atoms with E-state index in [-0.39, 0.29) is 0 Å². The third-order valence-electron chi connectivity index (χ3n) is 4.13. The monoisotopic (exact) mass is 280 g/mol. The fourth-order valence-electron chi connectivity index (χ4n) is 2.89. The van der Waals surface area contributed by atoms with Crippen LogP contribution in [0.3, 0.4) is 0 Å². The summed E-state index contributed by atoms with van der Waals surface area (Å²) >= 11 is 0. The van der Waals surface area contributed by atoms with Gasteiger partial charge in [-0.1, -0.05) is 18.2 Å². The van der Waals surface area contributed by atoms with Gasteiger partial charge in [0.15, 0.2) is 0 Å². The number of aryl methyl sites for hydroxylation is 1. The zero-order valence-electron chi connectivity index (χ0n) is 12.3. The smallest absolute Gasteiger partial charge is 0.150 e. The van der Waals surface area contributed by atoms with Crippen LogP contribution in [0.2, 0.25) is 0 Å². The zero-order valence-corrected chi connectivity index (χ0v) is 12.3. The molecule has 3 nitrogen and oxygen atoms in total. The minimum absolute atomic E-state index is 0.734. The molecule has 0 amide bonds. The van der Waals surface area contributed by atoms with Crippen molar-refractivity contribution in [1.29, 1.82) is 0 Å². The average molecular weight is 280 g/mol. The number of para-hydroxylation sites is 1. The van der Waals surface area contributed by atoms with Crippen molar-refractivity contribution in [2.45, 2.75) is 6.92 Å². The standard InChI is InChI=1S/C18H20N2O/c1-15-4-2-3-5-18(15)20-12-10-19(11-13-20)17-8-6-16(14-21)7-9-17/h2-9,14H,10-13H2,1H3. The number of hydrogen-bond acceptors (Lipinski definition) is 3. The van der Waals surface area contributed by atoms with E-state index in [0.717, 1.165) is 38.0 Å². The number of hydrogen-bond donors (Lipinski definition) is 0. The van der Waals surface area contributed by atoms with Crippen molar-refractivity contribution >= 4 is 17.7 Å². The highest BCUT2D eigenvalue weighted by atomic mass is 16.1. The molecule has 0 aliphatic carbocycles. The average Bonchev–Trinajstić information content (AvgIpc) is 2.56. The van der Waals surface area contributed by atoms with Gasteiger partial charge in [0.2, 0.25) is 0 Å². The number of anilines is 2. The van der Waals surface area contributed by atoms with Crippen molar-refractivity contribution in [2.75, 3.05) is 36.0 Å². The van der Waals surface area contributed by atoms with Gasteiger partial charge in [0, 0.05) is 43.1 Å². The van der Waals surface area contributed by atoms with E-state index in [4.69, 9.17) is 0 Å². The molecule has 1 aliphatic heterocycles. The van der Waals surface area contributed by atoms with Crippen molar-refractivity contribution in [2.24, 2.45) is 0 Å². The first-order valence-corrected chi connectivity index (χ1v) is 7.39. The maximum atomic E-state index is 10.7. The second kappa shape index (κ2) is 6.00. The highest BCUT2D eigenvalue weighted by molar-refractivity contribution is 5.75. The maximum absolute atomic E-state index is 10.7. The number of carbonyl (C=O) groups is 1. The van der Waals surface area contributed by atoms with Crippen LogP contribution in [-0.4, -0.2) is 32.5 Å². The molecule has 3 rings (SSSR count). The summed E-state index contributed by atoms with van der Waals surface area (Å²) < 4.78 is 0. The summed E-state index contributed by atoms with van der Waals surface area (Å²) in [6.07, 6.45) is 0.889. The molecular weight excluding hydrogens is 260 g/mol. The molecule has 1 heterocycles. The van der Waals surface area contributed by atoms with Crippen LogP contribution in [0, 0.1) is 6.92 Å². The fraction of sp³-hybridized carbons (Fsp3) is 0.278. The predicted molar refractivity (Wildman–Crippen MR) is 87.4 cm³/mol. The summed E-state index contributed by atoms with van der Waals surface area (Å²) in [7, 11) is 0. The van der Waals surface area contributed by atoms with Crippen molar-refractivity contribution in [3.8, 4) is 0 Å². The number of carbonyl (C=O) groups excluding carboxylic acids is 1. The zero-order chi connectivity index (χ0) is 14.7. The molecule has 0 saturated carbocycles. The van der Waals surface area contributed by atoms with Crippen molar-refractivity contribution < 1.29 is 4.79 Å². The van der Waals surface area contributed by atoms with Gasteiger partial charge in [-0.15, -0.1) is 0 Å². The van der Waals surface area contributed by atoms with Gasteiger partial charge in [0.1, 0.15) is 6.29 Å². The minimum atomic E-state index is 0.734. The molecule has 2 aromatic rings. The third kappa shape index (κ3) is 2.92. The van der Waals surface area contributed by atoms with E-state index in [9.17, 15) is 4.79 Å². The van der Waals surface area contributed by atoms with Gasteiger partial charge >= 0.3 is 0 Å². The highest BCUT2D eigenvalue weighted by Crippen LogP contribution is 2.23. The summed E-state index contributed by atoms with van der Waals surface area (Å²) in [5.41, 5.74) is 4.61. The van der Waals surface area contributed by atoms with Crippen molar-refractivity contribution in [1.82, 2.24) is 0 Å². The normalized spacial score (nSPS) is 15.1. The van der Waals surface area contributed by atoms with E-state index in [1.165, 1.54) is 16.9 Å². The first kappa shape index (κ1) is 13.7. The molecular formula is C18H20N2O. The number of piperazine rings is 1. The minimum Gasteiger partial charge on any atom is -0.368 e. The Bertz CT molecular complexity index is 613. The van der Waals surface area contributed by atoms with Gasteiger partial charge in [0.05, 0.1) is 0 Å². The van der Waals surface area contributed by atoms with Gasteiger partial charge in [-0.05, 0) is 42.8 Å². The molecule has 21 heavy (non-hydrogen) atoms. The SMILES string of the molecule is Cc1ccccc1N1CCN(c2ccc(C=O)cc2)CC1. The highest BCUT2D eigenvalue weighted by Gasteiger charge is 2.18. The third-order valence-corrected chi connectivity index (χ3v) is 4.13. The topological polar surface area (TPSA) is 23.6 Å². The molecule has 1 aliphatic rings. The van der Waals surface area contributed by atoms with Gasteiger partial charge in [-0.3, -0.25) is 4.79 Å². The Morgan fingerprint density at radius 2 is 1.48 bits per heavy atom.